The molecule has 1 saturated heterocycles. The molecule has 2 unspecified atom stereocenters. The molecule has 1 saturated carbocycles. The number of para-hydroxylation sites is 1. The van der Waals surface area contributed by atoms with Crippen LogP contribution in [-0.2, 0) is 11.3 Å². The first kappa shape index (κ1) is 28.4. The Morgan fingerprint density at radius 2 is 1.77 bits per heavy atom. The molecular weight excluding hydrogens is 558 g/mol. The summed E-state index contributed by atoms with van der Waals surface area (Å²) >= 11 is 0. The quantitative estimate of drug-likeness (QED) is 0.407. The van der Waals surface area contributed by atoms with Gasteiger partial charge in [-0.2, -0.15) is 0 Å². The topological polar surface area (TPSA) is 100 Å². The lowest BCUT2D eigenvalue weighted by Gasteiger charge is -2.42. The highest BCUT2D eigenvalue weighted by molar-refractivity contribution is 6.02. The number of amides is 4. The molecule has 3 aromatic carbocycles. The van der Waals surface area contributed by atoms with Crippen molar-refractivity contribution in [2.24, 2.45) is 11.8 Å². The van der Waals surface area contributed by atoms with Crippen molar-refractivity contribution in [2.75, 3.05) is 37.4 Å². The summed E-state index contributed by atoms with van der Waals surface area (Å²) in [7, 11) is 1.59. The number of rotatable bonds is 6. The normalized spacial score (nSPS) is 19.7. The first-order valence-corrected chi connectivity index (χ1v) is 14.3. The molecule has 2 aliphatic heterocycles. The largest absolute Gasteiger partial charge is 0.497 e. The third-order valence-corrected chi connectivity index (χ3v) is 8.12. The van der Waals surface area contributed by atoms with Crippen LogP contribution in [-0.4, -0.2) is 60.5 Å². The van der Waals surface area contributed by atoms with Crippen LogP contribution in [0.15, 0.2) is 60.7 Å². The van der Waals surface area contributed by atoms with E-state index in [1.807, 2.05) is 24.3 Å². The SMILES string of the molecule is COc1ccc(CN2CC3CN(C(=O)Nc4ccc(F)cc4F)CCC3Oc3c(NC(=O)C4CC4)cccc3C2=O)cc1. The molecule has 3 aromatic rings. The number of hydrogen-bond acceptors (Lipinski definition) is 5. The lowest BCUT2D eigenvalue weighted by Crippen LogP contribution is -2.54. The summed E-state index contributed by atoms with van der Waals surface area (Å²) in [5.41, 5.74) is 1.57. The van der Waals surface area contributed by atoms with E-state index in [9.17, 15) is 23.2 Å². The van der Waals surface area contributed by atoms with Crippen molar-refractivity contribution >= 4 is 29.2 Å². The van der Waals surface area contributed by atoms with Gasteiger partial charge in [0.25, 0.3) is 5.91 Å². The standard InChI is InChI=1S/C32H32F2N4O5/c1-42-23-10-5-19(6-11-23)16-38-18-21-17-37(32(41)36-26-12-9-22(33)15-25(26)34)14-13-28(21)43-29-24(31(38)40)3-2-4-27(29)35-30(39)20-7-8-20/h2-6,9-12,15,20-21,28H,7-8,13-14,16-18H2,1H3,(H,35,39)(H,36,41). The number of carbonyl (C=O) groups is 3. The minimum absolute atomic E-state index is 0.0351. The third kappa shape index (κ3) is 6.25. The van der Waals surface area contributed by atoms with Crippen molar-refractivity contribution in [1.29, 1.82) is 0 Å². The maximum absolute atomic E-state index is 14.2. The fourth-order valence-corrected chi connectivity index (χ4v) is 5.60. The average molecular weight is 591 g/mol. The van der Waals surface area contributed by atoms with Crippen LogP contribution in [0.2, 0.25) is 0 Å². The van der Waals surface area contributed by atoms with Gasteiger partial charge in [-0.25, -0.2) is 13.6 Å². The lowest BCUT2D eigenvalue weighted by atomic mass is 9.92. The van der Waals surface area contributed by atoms with Crippen LogP contribution < -0.4 is 20.1 Å². The van der Waals surface area contributed by atoms with Crippen LogP contribution in [0.1, 0.15) is 35.2 Å². The second-order valence-corrected chi connectivity index (χ2v) is 11.2. The van der Waals surface area contributed by atoms with E-state index in [-0.39, 0.29) is 42.0 Å². The van der Waals surface area contributed by atoms with Crippen LogP contribution in [0.25, 0.3) is 0 Å². The molecule has 43 heavy (non-hydrogen) atoms. The molecule has 0 bridgehead atoms. The number of fused-ring (bicyclic) bond motifs is 2. The van der Waals surface area contributed by atoms with Crippen LogP contribution in [0.5, 0.6) is 11.5 Å². The Labute approximate surface area is 247 Å². The molecule has 1 aliphatic carbocycles. The highest BCUT2D eigenvalue weighted by Crippen LogP contribution is 2.38. The van der Waals surface area contributed by atoms with Crippen molar-refractivity contribution < 1.29 is 32.6 Å². The van der Waals surface area contributed by atoms with Gasteiger partial charge in [0.2, 0.25) is 5.91 Å². The van der Waals surface area contributed by atoms with Gasteiger partial charge in [0.15, 0.2) is 5.75 Å². The molecule has 4 amide bonds. The van der Waals surface area contributed by atoms with Gasteiger partial charge in [0, 0.05) is 50.5 Å². The minimum atomic E-state index is -0.869. The number of piperidine rings is 1. The summed E-state index contributed by atoms with van der Waals surface area (Å²) in [6.07, 6.45) is 1.75. The Hall–Kier alpha value is -4.67. The molecule has 0 radical (unpaired) electrons. The van der Waals surface area contributed by atoms with E-state index < -0.39 is 17.7 Å². The van der Waals surface area contributed by atoms with Crippen LogP contribution in [0.3, 0.4) is 0 Å². The van der Waals surface area contributed by atoms with E-state index in [2.05, 4.69) is 10.6 Å². The number of nitrogens with one attached hydrogen (secondary N) is 2. The average Bonchev–Trinajstić information content (AvgIpc) is 3.85. The summed E-state index contributed by atoms with van der Waals surface area (Å²) in [4.78, 5) is 43.1. The summed E-state index contributed by atoms with van der Waals surface area (Å²) in [5, 5.41) is 5.48. The molecule has 2 fully saturated rings. The van der Waals surface area contributed by atoms with Gasteiger partial charge in [0.05, 0.1) is 24.0 Å². The van der Waals surface area contributed by atoms with Crippen molar-refractivity contribution in [1.82, 2.24) is 9.80 Å². The van der Waals surface area contributed by atoms with Gasteiger partial charge < -0.3 is 29.9 Å². The van der Waals surface area contributed by atoms with Gasteiger partial charge in [-0.3, -0.25) is 9.59 Å². The Balaban J connectivity index is 1.28. The fraction of sp³-hybridized carbons (Fsp3) is 0.344. The molecule has 0 aromatic heterocycles. The molecule has 2 N–H and O–H groups in total. The summed E-state index contributed by atoms with van der Waals surface area (Å²) in [6.45, 7) is 1.14. The number of methoxy groups -OCH3 is 1. The zero-order valence-electron chi connectivity index (χ0n) is 23.6. The minimum Gasteiger partial charge on any atom is -0.497 e. The second kappa shape index (κ2) is 11.9. The molecule has 224 valence electrons. The summed E-state index contributed by atoms with van der Waals surface area (Å²) in [5.74, 6) is -1.28. The van der Waals surface area contributed by atoms with Crippen LogP contribution in [0.4, 0.5) is 25.0 Å². The monoisotopic (exact) mass is 590 g/mol. The number of anilines is 2. The molecule has 9 nitrogen and oxygen atoms in total. The van der Waals surface area contributed by atoms with Crippen molar-refractivity contribution in [3.05, 3.63) is 83.4 Å². The van der Waals surface area contributed by atoms with Gasteiger partial charge in [-0.05, 0) is 54.8 Å². The molecule has 2 heterocycles. The van der Waals surface area contributed by atoms with E-state index in [0.717, 1.165) is 24.5 Å². The van der Waals surface area contributed by atoms with E-state index in [4.69, 9.17) is 9.47 Å². The number of nitrogens with zero attached hydrogens (tertiary/aromatic N) is 2. The van der Waals surface area contributed by atoms with E-state index >= 15 is 0 Å². The molecule has 3 aliphatic rings. The Morgan fingerprint density at radius 1 is 0.977 bits per heavy atom. The number of urea groups is 1. The predicted octanol–water partition coefficient (Wildman–Crippen LogP) is 5.28. The van der Waals surface area contributed by atoms with Gasteiger partial charge in [0.1, 0.15) is 23.5 Å². The highest BCUT2D eigenvalue weighted by Gasteiger charge is 2.39. The number of carbonyl (C=O) groups excluding carboxylic acids is 3. The van der Waals surface area contributed by atoms with Gasteiger partial charge in [-0.1, -0.05) is 18.2 Å². The van der Waals surface area contributed by atoms with E-state index in [1.165, 1.54) is 6.07 Å². The number of likely N-dealkylation sites (tertiary alicyclic amines) is 1. The number of benzene rings is 3. The van der Waals surface area contributed by atoms with Crippen LogP contribution >= 0.6 is 0 Å². The Kier molecular flexibility index (Phi) is 7.88. The molecule has 11 heteroatoms. The molecule has 2 atom stereocenters. The smallest absolute Gasteiger partial charge is 0.321 e. The van der Waals surface area contributed by atoms with E-state index in [1.54, 1.807) is 35.1 Å². The number of hydrogen-bond donors (Lipinski definition) is 2. The Bertz CT molecular complexity index is 1550. The summed E-state index contributed by atoms with van der Waals surface area (Å²) < 4.78 is 39.4. The lowest BCUT2D eigenvalue weighted by molar-refractivity contribution is -0.117. The number of ether oxygens (including phenoxy) is 2. The van der Waals surface area contributed by atoms with Crippen LogP contribution in [0, 0.1) is 23.5 Å². The van der Waals surface area contributed by atoms with E-state index in [0.29, 0.717) is 54.9 Å². The second-order valence-electron chi connectivity index (χ2n) is 11.2. The zero-order valence-corrected chi connectivity index (χ0v) is 23.6. The molecular formula is C32H32F2N4O5. The molecule has 0 spiro atoms. The molecule has 6 rings (SSSR count). The van der Waals surface area contributed by atoms with Crippen molar-refractivity contribution in [3.63, 3.8) is 0 Å². The van der Waals surface area contributed by atoms with Gasteiger partial charge >= 0.3 is 6.03 Å². The third-order valence-electron chi connectivity index (χ3n) is 8.12. The fourth-order valence-electron chi connectivity index (χ4n) is 5.60. The first-order chi connectivity index (χ1) is 20.8. The van der Waals surface area contributed by atoms with Gasteiger partial charge in [-0.15, -0.1) is 0 Å². The number of halogens is 2. The summed E-state index contributed by atoms with van der Waals surface area (Å²) in [6, 6.07) is 15.0. The van der Waals surface area contributed by atoms with Crippen molar-refractivity contribution in [3.8, 4) is 11.5 Å². The maximum Gasteiger partial charge on any atom is 0.321 e. The first-order valence-electron chi connectivity index (χ1n) is 14.3. The highest BCUT2D eigenvalue weighted by atomic mass is 19.1. The van der Waals surface area contributed by atoms with Crippen molar-refractivity contribution in [2.45, 2.75) is 31.9 Å². The Morgan fingerprint density at radius 3 is 2.49 bits per heavy atom. The maximum atomic E-state index is 14.2. The predicted molar refractivity (Wildman–Crippen MR) is 155 cm³/mol. The zero-order chi connectivity index (χ0) is 30.1.